The number of nitrogens with zero attached hydrogens (tertiary/aromatic N) is 4. The summed E-state index contributed by atoms with van der Waals surface area (Å²) < 4.78 is 1.57. The van der Waals surface area contributed by atoms with Gasteiger partial charge in [0.05, 0.1) is 22.5 Å². The first-order chi connectivity index (χ1) is 13.1. The number of anilines is 1. The Morgan fingerprint density at radius 2 is 1.67 bits per heavy atom. The summed E-state index contributed by atoms with van der Waals surface area (Å²) in [5, 5.41) is 1.21. The van der Waals surface area contributed by atoms with E-state index in [1.54, 1.807) is 28.8 Å². The molecule has 3 aromatic rings. The van der Waals surface area contributed by atoms with Crippen LogP contribution >= 0.6 is 23.2 Å². The van der Waals surface area contributed by atoms with Gasteiger partial charge in [0, 0.05) is 36.9 Å². The highest BCUT2D eigenvalue weighted by atomic mass is 35.5. The number of benzene rings is 2. The SMILES string of the molecule is CN1CCN(c2ccc3nc(CCl)n(-c4ccc(Cl)cc4)c(=O)c3c2)CC1. The van der Waals surface area contributed by atoms with E-state index in [0.29, 0.717) is 27.4 Å². The molecule has 0 atom stereocenters. The maximum Gasteiger partial charge on any atom is 0.266 e. The Bertz CT molecular complexity index is 1020. The van der Waals surface area contributed by atoms with Crippen molar-refractivity contribution in [3.63, 3.8) is 0 Å². The topological polar surface area (TPSA) is 41.4 Å². The molecule has 0 radical (unpaired) electrons. The van der Waals surface area contributed by atoms with Crippen molar-refractivity contribution in [2.75, 3.05) is 38.1 Å². The third-order valence-corrected chi connectivity index (χ3v) is 5.49. The molecule has 1 aliphatic rings. The van der Waals surface area contributed by atoms with E-state index in [1.807, 2.05) is 18.2 Å². The molecule has 0 N–H and O–H groups in total. The highest BCUT2D eigenvalue weighted by molar-refractivity contribution is 6.30. The maximum absolute atomic E-state index is 13.3. The Labute approximate surface area is 167 Å². The Morgan fingerprint density at radius 3 is 2.33 bits per heavy atom. The molecule has 4 rings (SSSR count). The second kappa shape index (κ2) is 7.50. The van der Waals surface area contributed by atoms with Crippen LogP contribution in [-0.4, -0.2) is 47.7 Å². The summed E-state index contributed by atoms with van der Waals surface area (Å²) in [6.07, 6.45) is 0. The molecule has 0 unspecified atom stereocenters. The van der Waals surface area contributed by atoms with E-state index in [0.717, 1.165) is 31.9 Å². The van der Waals surface area contributed by atoms with Gasteiger partial charge < -0.3 is 9.80 Å². The maximum atomic E-state index is 13.3. The van der Waals surface area contributed by atoms with Crippen LogP contribution in [0.1, 0.15) is 5.82 Å². The Hall–Kier alpha value is -2.08. The molecule has 0 aliphatic carbocycles. The van der Waals surface area contributed by atoms with Gasteiger partial charge in [-0.15, -0.1) is 11.6 Å². The minimum absolute atomic E-state index is 0.117. The van der Waals surface area contributed by atoms with Gasteiger partial charge in [-0.1, -0.05) is 11.6 Å². The van der Waals surface area contributed by atoms with Crippen LogP contribution in [0.3, 0.4) is 0 Å². The van der Waals surface area contributed by atoms with Crippen molar-refractivity contribution in [3.05, 3.63) is 63.7 Å². The van der Waals surface area contributed by atoms with Crippen LogP contribution in [0.4, 0.5) is 5.69 Å². The molecule has 0 bridgehead atoms. The number of likely N-dealkylation sites (N-methyl/N-ethyl adjacent to an activating group) is 1. The van der Waals surface area contributed by atoms with Crippen LogP contribution in [0.15, 0.2) is 47.3 Å². The zero-order valence-corrected chi connectivity index (χ0v) is 16.5. The number of rotatable bonds is 3. The molecule has 0 saturated carbocycles. The molecule has 7 heteroatoms. The van der Waals surface area contributed by atoms with Crippen molar-refractivity contribution in [1.82, 2.24) is 14.5 Å². The van der Waals surface area contributed by atoms with E-state index < -0.39 is 0 Å². The fraction of sp³-hybridized carbons (Fsp3) is 0.300. The van der Waals surface area contributed by atoms with Gasteiger partial charge >= 0.3 is 0 Å². The highest BCUT2D eigenvalue weighted by Crippen LogP contribution is 2.22. The Kier molecular flexibility index (Phi) is 5.08. The first-order valence-corrected chi connectivity index (χ1v) is 9.79. The number of aromatic nitrogens is 2. The van der Waals surface area contributed by atoms with Crippen molar-refractivity contribution in [2.24, 2.45) is 0 Å². The van der Waals surface area contributed by atoms with Crippen LogP contribution in [-0.2, 0) is 5.88 Å². The van der Waals surface area contributed by atoms with E-state index in [-0.39, 0.29) is 11.4 Å². The van der Waals surface area contributed by atoms with Crippen molar-refractivity contribution in [3.8, 4) is 5.69 Å². The Morgan fingerprint density at radius 1 is 1.00 bits per heavy atom. The Balaban J connectivity index is 1.84. The van der Waals surface area contributed by atoms with Crippen molar-refractivity contribution >= 4 is 39.8 Å². The number of piperazine rings is 1. The summed E-state index contributed by atoms with van der Waals surface area (Å²) >= 11 is 12.1. The van der Waals surface area contributed by atoms with Crippen LogP contribution < -0.4 is 10.5 Å². The molecule has 2 heterocycles. The van der Waals surface area contributed by atoms with Gasteiger partial charge in [0.15, 0.2) is 0 Å². The lowest BCUT2D eigenvalue weighted by Gasteiger charge is -2.34. The van der Waals surface area contributed by atoms with Gasteiger partial charge in [-0.2, -0.15) is 0 Å². The molecule has 1 aliphatic heterocycles. The van der Waals surface area contributed by atoms with E-state index in [2.05, 4.69) is 21.8 Å². The number of alkyl halides is 1. The lowest BCUT2D eigenvalue weighted by molar-refractivity contribution is 0.313. The molecule has 0 spiro atoms. The number of fused-ring (bicyclic) bond motifs is 1. The van der Waals surface area contributed by atoms with Gasteiger partial charge in [-0.25, -0.2) is 4.98 Å². The second-order valence-electron chi connectivity index (χ2n) is 6.77. The molecule has 5 nitrogen and oxygen atoms in total. The number of hydrogen-bond donors (Lipinski definition) is 0. The molecule has 140 valence electrons. The third kappa shape index (κ3) is 3.55. The van der Waals surface area contributed by atoms with Crippen molar-refractivity contribution in [2.45, 2.75) is 5.88 Å². The smallest absolute Gasteiger partial charge is 0.266 e. The van der Waals surface area contributed by atoms with Crippen molar-refractivity contribution < 1.29 is 0 Å². The van der Waals surface area contributed by atoms with Gasteiger partial charge in [-0.05, 0) is 49.5 Å². The molecular formula is C20H20Cl2N4O. The summed E-state index contributed by atoms with van der Waals surface area (Å²) in [7, 11) is 2.13. The molecule has 1 aromatic heterocycles. The third-order valence-electron chi connectivity index (χ3n) is 4.99. The average molecular weight is 403 g/mol. The summed E-state index contributed by atoms with van der Waals surface area (Å²) in [4.78, 5) is 22.5. The summed E-state index contributed by atoms with van der Waals surface area (Å²) in [5.41, 5.74) is 2.31. The lowest BCUT2D eigenvalue weighted by Crippen LogP contribution is -2.44. The van der Waals surface area contributed by atoms with Gasteiger partial charge in [-0.3, -0.25) is 9.36 Å². The summed E-state index contributed by atoms with van der Waals surface area (Å²) in [6.45, 7) is 3.91. The average Bonchev–Trinajstić information content (AvgIpc) is 2.69. The molecule has 1 saturated heterocycles. The number of hydrogen-bond acceptors (Lipinski definition) is 4. The lowest BCUT2D eigenvalue weighted by atomic mass is 10.1. The zero-order valence-electron chi connectivity index (χ0n) is 15.0. The minimum atomic E-state index is -0.117. The van der Waals surface area contributed by atoms with E-state index in [1.165, 1.54) is 0 Å². The van der Waals surface area contributed by atoms with Crippen LogP contribution in [0.2, 0.25) is 5.02 Å². The molecule has 1 fully saturated rings. The van der Waals surface area contributed by atoms with Crippen LogP contribution in [0, 0.1) is 0 Å². The zero-order chi connectivity index (χ0) is 19.0. The molecular weight excluding hydrogens is 383 g/mol. The monoisotopic (exact) mass is 402 g/mol. The molecule has 2 aromatic carbocycles. The second-order valence-corrected chi connectivity index (χ2v) is 7.47. The number of halogens is 2. The van der Waals surface area contributed by atoms with Crippen molar-refractivity contribution in [1.29, 1.82) is 0 Å². The van der Waals surface area contributed by atoms with E-state index in [4.69, 9.17) is 23.2 Å². The van der Waals surface area contributed by atoms with Crippen LogP contribution in [0.5, 0.6) is 0 Å². The quantitative estimate of drug-likeness (QED) is 0.628. The van der Waals surface area contributed by atoms with Crippen LogP contribution in [0.25, 0.3) is 16.6 Å². The summed E-state index contributed by atoms with van der Waals surface area (Å²) in [6, 6.07) is 13.0. The largest absolute Gasteiger partial charge is 0.369 e. The van der Waals surface area contributed by atoms with Gasteiger partial charge in [0.2, 0.25) is 0 Å². The minimum Gasteiger partial charge on any atom is -0.369 e. The molecule has 27 heavy (non-hydrogen) atoms. The first-order valence-electron chi connectivity index (χ1n) is 8.88. The van der Waals surface area contributed by atoms with E-state index >= 15 is 0 Å². The first kappa shape index (κ1) is 18.3. The standard InChI is InChI=1S/C20H20Cl2N4O/c1-24-8-10-25(11-9-24)16-6-7-18-17(12-16)20(27)26(19(13-21)23-18)15-4-2-14(22)3-5-15/h2-7,12H,8-11,13H2,1H3. The van der Waals surface area contributed by atoms with Gasteiger partial charge in [0.1, 0.15) is 5.82 Å². The van der Waals surface area contributed by atoms with E-state index in [9.17, 15) is 4.79 Å². The summed E-state index contributed by atoms with van der Waals surface area (Å²) in [5.74, 6) is 0.664. The normalized spacial score (nSPS) is 15.4. The predicted molar refractivity (Wildman–Crippen MR) is 112 cm³/mol. The molecule has 0 amide bonds. The predicted octanol–water partition coefficient (Wildman–Crippen LogP) is 3.53. The highest BCUT2D eigenvalue weighted by Gasteiger charge is 2.17. The fourth-order valence-corrected chi connectivity index (χ4v) is 3.73. The fourth-order valence-electron chi connectivity index (χ4n) is 3.43. The van der Waals surface area contributed by atoms with Gasteiger partial charge in [0.25, 0.3) is 5.56 Å².